The van der Waals surface area contributed by atoms with E-state index in [1.165, 1.54) is 0 Å². The van der Waals surface area contributed by atoms with Gasteiger partial charge in [0.15, 0.2) is 0 Å². The number of nitrogens with one attached hydrogen (secondary N) is 1. The molecule has 2 rings (SSSR count). The quantitative estimate of drug-likeness (QED) is 0.851. The maximum Gasteiger partial charge on any atom is 0.335 e. The van der Waals surface area contributed by atoms with Gasteiger partial charge < -0.3 is 15.0 Å². The van der Waals surface area contributed by atoms with Crippen molar-refractivity contribution in [3.8, 4) is 0 Å². The molecule has 0 radical (unpaired) electrons. The summed E-state index contributed by atoms with van der Waals surface area (Å²) in [5.41, 5.74) is 2.15. The van der Waals surface area contributed by atoms with Gasteiger partial charge in [-0.05, 0) is 30.7 Å². The summed E-state index contributed by atoms with van der Waals surface area (Å²) in [6, 6.07) is 5.04. The molecular weight excluding hydrogens is 244 g/mol. The third kappa shape index (κ3) is 3.09. The Hall–Kier alpha value is -2.37. The minimum Gasteiger partial charge on any atom is -0.478 e. The Morgan fingerprint density at radius 1 is 1.47 bits per heavy atom. The summed E-state index contributed by atoms with van der Waals surface area (Å²) in [5.74, 6) is 0.000967. The molecule has 2 N–H and O–H groups in total. The first-order valence-corrected chi connectivity index (χ1v) is 5.98. The zero-order valence-corrected chi connectivity index (χ0v) is 10.9. The van der Waals surface area contributed by atoms with Gasteiger partial charge in [-0.25, -0.2) is 4.79 Å². The highest BCUT2D eigenvalue weighted by Gasteiger charge is 2.06. The third-order valence-corrected chi connectivity index (χ3v) is 2.94. The Labute approximate surface area is 111 Å². The van der Waals surface area contributed by atoms with E-state index in [0.29, 0.717) is 5.56 Å². The molecule has 0 atom stereocenters. The van der Waals surface area contributed by atoms with Gasteiger partial charge in [-0.1, -0.05) is 0 Å². The fourth-order valence-corrected chi connectivity index (χ4v) is 1.84. The normalized spacial score (nSPS) is 10.4. The van der Waals surface area contributed by atoms with Crippen LogP contribution in [0.5, 0.6) is 0 Å². The van der Waals surface area contributed by atoms with Crippen molar-refractivity contribution in [2.24, 2.45) is 7.05 Å². The molecule has 0 aliphatic carbocycles. The summed E-state index contributed by atoms with van der Waals surface area (Å²) in [6.07, 6.45) is 2.43. The van der Waals surface area contributed by atoms with E-state index in [0.717, 1.165) is 30.0 Å². The molecule has 19 heavy (non-hydrogen) atoms. The second kappa shape index (κ2) is 5.51. The first-order valence-electron chi connectivity index (χ1n) is 5.98. The Bertz CT molecular complexity index is 592. The molecule has 1 aromatic heterocycles. The standard InChI is InChI=1S/C13H16N4O2/c1-9-7-10(13(18)19)3-4-11(9)14-6-5-12-16-15-8-17(12)2/h3-4,7-8,14H,5-6H2,1-2H3,(H,18,19). The number of benzene rings is 1. The first-order chi connectivity index (χ1) is 9.08. The summed E-state index contributed by atoms with van der Waals surface area (Å²) < 4.78 is 1.88. The minimum atomic E-state index is -0.909. The average Bonchev–Trinajstić information content (AvgIpc) is 2.77. The van der Waals surface area contributed by atoms with Crippen molar-refractivity contribution in [3.05, 3.63) is 41.5 Å². The van der Waals surface area contributed by atoms with Gasteiger partial charge >= 0.3 is 5.97 Å². The van der Waals surface area contributed by atoms with E-state index in [1.807, 2.05) is 18.5 Å². The zero-order valence-electron chi connectivity index (χ0n) is 10.9. The third-order valence-electron chi connectivity index (χ3n) is 2.94. The molecule has 0 bridgehead atoms. The lowest BCUT2D eigenvalue weighted by molar-refractivity contribution is 0.0697. The monoisotopic (exact) mass is 260 g/mol. The summed E-state index contributed by atoms with van der Waals surface area (Å²) >= 11 is 0. The van der Waals surface area contributed by atoms with Crippen LogP contribution < -0.4 is 5.32 Å². The van der Waals surface area contributed by atoms with Crippen LogP contribution in [-0.2, 0) is 13.5 Å². The predicted molar refractivity (Wildman–Crippen MR) is 71.3 cm³/mol. The van der Waals surface area contributed by atoms with Crippen molar-refractivity contribution in [1.82, 2.24) is 14.8 Å². The molecule has 100 valence electrons. The van der Waals surface area contributed by atoms with Gasteiger partial charge in [0.05, 0.1) is 5.56 Å². The van der Waals surface area contributed by atoms with Gasteiger partial charge in [-0.15, -0.1) is 10.2 Å². The Balaban J connectivity index is 1.96. The topological polar surface area (TPSA) is 80.0 Å². The molecule has 6 heteroatoms. The van der Waals surface area contributed by atoms with Gasteiger partial charge in [-0.3, -0.25) is 0 Å². The summed E-state index contributed by atoms with van der Waals surface area (Å²) in [5, 5.41) is 20.0. The number of hydrogen-bond acceptors (Lipinski definition) is 4. The number of carboxylic acids is 1. The molecule has 1 aromatic carbocycles. The number of aromatic carboxylic acids is 1. The van der Waals surface area contributed by atoms with Crippen LogP contribution in [0.2, 0.25) is 0 Å². The van der Waals surface area contributed by atoms with E-state index in [2.05, 4.69) is 15.5 Å². The number of rotatable bonds is 5. The fourth-order valence-electron chi connectivity index (χ4n) is 1.84. The Morgan fingerprint density at radius 2 is 2.26 bits per heavy atom. The molecule has 2 aromatic rings. The molecule has 0 aliphatic rings. The van der Waals surface area contributed by atoms with Crippen LogP contribution in [0, 0.1) is 6.92 Å². The summed E-state index contributed by atoms with van der Waals surface area (Å²) in [7, 11) is 1.90. The van der Waals surface area contributed by atoms with Gasteiger partial charge in [0.1, 0.15) is 12.2 Å². The van der Waals surface area contributed by atoms with Crippen molar-refractivity contribution in [1.29, 1.82) is 0 Å². The number of aryl methyl sites for hydroxylation is 2. The van der Waals surface area contributed by atoms with Gasteiger partial charge in [0.25, 0.3) is 0 Å². The molecule has 6 nitrogen and oxygen atoms in total. The fraction of sp³-hybridized carbons (Fsp3) is 0.308. The molecule has 0 aliphatic heterocycles. The van der Waals surface area contributed by atoms with Gasteiger partial charge in [-0.2, -0.15) is 0 Å². The number of anilines is 1. The van der Waals surface area contributed by atoms with Crippen LogP contribution >= 0.6 is 0 Å². The zero-order chi connectivity index (χ0) is 13.8. The molecule has 0 saturated heterocycles. The van der Waals surface area contributed by atoms with Crippen molar-refractivity contribution in [2.75, 3.05) is 11.9 Å². The first kappa shape index (κ1) is 13.1. The van der Waals surface area contributed by atoms with Crippen LogP contribution in [0.3, 0.4) is 0 Å². The summed E-state index contributed by atoms with van der Waals surface area (Å²) in [4.78, 5) is 10.8. The SMILES string of the molecule is Cc1cc(C(=O)O)ccc1NCCc1nncn1C. The molecule has 0 amide bonds. The molecule has 0 spiro atoms. The largest absolute Gasteiger partial charge is 0.478 e. The average molecular weight is 260 g/mol. The molecule has 1 heterocycles. The smallest absolute Gasteiger partial charge is 0.335 e. The highest BCUT2D eigenvalue weighted by molar-refractivity contribution is 5.88. The van der Waals surface area contributed by atoms with Crippen LogP contribution in [0.25, 0.3) is 0 Å². The number of aromatic nitrogens is 3. The maximum absolute atomic E-state index is 10.8. The second-order valence-corrected chi connectivity index (χ2v) is 4.37. The number of carboxylic acid groups (broad SMARTS) is 1. The van der Waals surface area contributed by atoms with Crippen molar-refractivity contribution < 1.29 is 9.90 Å². The lowest BCUT2D eigenvalue weighted by atomic mass is 10.1. The molecule has 0 saturated carbocycles. The Morgan fingerprint density at radius 3 is 2.84 bits per heavy atom. The lowest BCUT2D eigenvalue weighted by Crippen LogP contribution is -2.09. The lowest BCUT2D eigenvalue weighted by Gasteiger charge is -2.09. The van der Waals surface area contributed by atoms with Gasteiger partial charge in [0.2, 0.25) is 0 Å². The number of nitrogens with zero attached hydrogens (tertiary/aromatic N) is 3. The highest BCUT2D eigenvalue weighted by Crippen LogP contribution is 2.16. The molecule has 0 unspecified atom stereocenters. The Kier molecular flexibility index (Phi) is 3.79. The van der Waals surface area contributed by atoms with Crippen molar-refractivity contribution >= 4 is 11.7 Å². The van der Waals surface area contributed by atoms with Gasteiger partial charge in [0, 0.05) is 25.7 Å². The van der Waals surface area contributed by atoms with E-state index < -0.39 is 5.97 Å². The molecule has 0 fully saturated rings. The van der Waals surface area contributed by atoms with E-state index in [1.54, 1.807) is 24.5 Å². The van der Waals surface area contributed by atoms with E-state index in [9.17, 15) is 4.79 Å². The van der Waals surface area contributed by atoms with E-state index >= 15 is 0 Å². The second-order valence-electron chi connectivity index (χ2n) is 4.37. The van der Waals surface area contributed by atoms with Crippen LogP contribution in [0.1, 0.15) is 21.7 Å². The van der Waals surface area contributed by atoms with Crippen molar-refractivity contribution in [2.45, 2.75) is 13.3 Å². The predicted octanol–water partition coefficient (Wildman–Crippen LogP) is 1.48. The maximum atomic E-state index is 10.8. The highest BCUT2D eigenvalue weighted by atomic mass is 16.4. The minimum absolute atomic E-state index is 0.302. The van der Waals surface area contributed by atoms with Crippen molar-refractivity contribution in [3.63, 3.8) is 0 Å². The van der Waals surface area contributed by atoms with Crippen LogP contribution in [-0.4, -0.2) is 32.4 Å². The van der Waals surface area contributed by atoms with Crippen LogP contribution in [0.4, 0.5) is 5.69 Å². The van der Waals surface area contributed by atoms with E-state index in [-0.39, 0.29) is 0 Å². The van der Waals surface area contributed by atoms with E-state index in [4.69, 9.17) is 5.11 Å². The summed E-state index contributed by atoms with van der Waals surface area (Å²) in [6.45, 7) is 2.61. The number of hydrogen-bond donors (Lipinski definition) is 2. The van der Waals surface area contributed by atoms with Crippen LogP contribution in [0.15, 0.2) is 24.5 Å². The number of carbonyl (C=O) groups is 1. The molecular formula is C13H16N4O2.